The number of hydrogen-bond donors (Lipinski definition) is 1. The van der Waals surface area contributed by atoms with Crippen molar-refractivity contribution in [3.63, 3.8) is 0 Å². The highest BCUT2D eigenvalue weighted by Crippen LogP contribution is 2.26. The summed E-state index contributed by atoms with van der Waals surface area (Å²) in [7, 11) is 1.73. The summed E-state index contributed by atoms with van der Waals surface area (Å²) >= 11 is 0. The van der Waals surface area contributed by atoms with Crippen molar-refractivity contribution >= 4 is 0 Å². The third-order valence-electron chi connectivity index (χ3n) is 3.07. The summed E-state index contributed by atoms with van der Waals surface area (Å²) in [5.74, 6) is 1.90. The molecule has 0 aliphatic carbocycles. The minimum Gasteiger partial charge on any atom is -0.460 e. The number of ether oxygens (including phenoxy) is 1. The van der Waals surface area contributed by atoms with E-state index in [9.17, 15) is 0 Å². The van der Waals surface area contributed by atoms with Crippen LogP contribution in [0.5, 0.6) is 0 Å². The zero-order chi connectivity index (χ0) is 13.5. The molecule has 3 nitrogen and oxygen atoms in total. The Morgan fingerprint density at radius 1 is 1.16 bits per heavy atom. The van der Waals surface area contributed by atoms with Crippen LogP contribution >= 0.6 is 0 Å². The third-order valence-corrected chi connectivity index (χ3v) is 3.07. The van der Waals surface area contributed by atoms with Gasteiger partial charge in [0.15, 0.2) is 0 Å². The number of benzene rings is 1. The minimum absolute atomic E-state index is 0.724. The lowest BCUT2D eigenvalue weighted by Crippen LogP contribution is -2.10. The van der Waals surface area contributed by atoms with Crippen molar-refractivity contribution in [1.29, 1.82) is 0 Å². The molecule has 0 saturated heterocycles. The Labute approximate surface area is 114 Å². The van der Waals surface area contributed by atoms with Crippen LogP contribution in [0.25, 0.3) is 11.3 Å². The van der Waals surface area contributed by atoms with Gasteiger partial charge in [-0.15, -0.1) is 0 Å². The van der Waals surface area contributed by atoms with E-state index in [2.05, 4.69) is 30.4 Å². The molecule has 0 fully saturated rings. The Morgan fingerprint density at radius 2 is 2.00 bits per heavy atom. The summed E-state index contributed by atoms with van der Waals surface area (Å²) in [5, 5.41) is 3.26. The quantitative estimate of drug-likeness (QED) is 0.829. The van der Waals surface area contributed by atoms with Gasteiger partial charge in [0.25, 0.3) is 0 Å². The topological polar surface area (TPSA) is 34.4 Å². The molecule has 102 valence electrons. The van der Waals surface area contributed by atoms with Crippen LogP contribution in [-0.2, 0) is 17.7 Å². The van der Waals surface area contributed by atoms with Crippen molar-refractivity contribution in [1.82, 2.24) is 5.32 Å². The standard InChI is InChI=1S/C16H21NO2/c1-3-17-12-14-8-9-16(19-14)15-7-5-4-6-13(15)10-11-18-2/h4-9,17H,3,10-12H2,1-2H3. The summed E-state index contributed by atoms with van der Waals surface area (Å²) in [4.78, 5) is 0. The molecule has 0 spiro atoms. The van der Waals surface area contributed by atoms with Gasteiger partial charge in [0.2, 0.25) is 0 Å². The van der Waals surface area contributed by atoms with Crippen molar-refractivity contribution in [3.8, 4) is 11.3 Å². The second kappa shape index (κ2) is 7.12. The smallest absolute Gasteiger partial charge is 0.134 e. The van der Waals surface area contributed by atoms with Gasteiger partial charge in [-0.3, -0.25) is 0 Å². The Balaban J connectivity index is 2.18. The monoisotopic (exact) mass is 259 g/mol. The fraction of sp³-hybridized carbons (Fsp3) is 0.375. The highest BCUT2D eigenvalue weighted by Gasteiger charge is 2.08. The molecule has 0 aliphatic rings. The van der Waals surface area contributed by atoms with Crippen molar-refractivity contribution in [2.24, 2.45) is 0 Å². The van der Waals surface area contributed by atoms with Gasteiger partial charge in [-0.05, 0) is 30.7 Å². The van der Waals surface area contributed by atoms with E-state index in [0.717, 1.165) is 43.2 Å². The second-order valence-corrected chi connectivity index (χ2v) is 4.45. The average Bonchev–Trinajstić information content (AvgIpc) is 2.92. The lowest BCUT2D eigenvalue weighted by atomic mass is 10.0. The Bertz CT molecular complexity index is 505. The molecule has 0 amide bonds. The molecule has 3 heteroatoms. The first-order chi connectivity index (χ1) is 9.35. The Kier molecular flexibility index (Phi) is 5.19. The molecule has 19 heavy (non-hydrogen) atoms. The number of rotatable bonds is 7. The largest absolute Gasteiger partial charge is 0.460 e. The van der Waals surface area contributed by atoms with E-state index in [1.807, 2.05) is 18.2 Å². The first-order valence-electron chi connectivity index (χ1n) is 6.71. The molecule has 2 aromatic rings. The molecule has 2 rings (SSSR count). The summed E-state index contributed by atoms with van der Waals surface area (Å²) in [6.45, 7) is 4.53. The lowest BCUT2D eigenvalue weighted by Gasteiger charge is -2.06. The zero-order valence-corrected chi connectivity index (χ0v) is 11.6. The van der Waals surface area contributed by atoms with Crippen molar-refractivity contribution < 1.29 is 9.15 Å². The van der Waals surface area contributed by atoms with E-state index in [-0.39, 0.29) is 0 Å². The molecule has 1 aromatic heterocycles. The summed E-state index contributed by atoms with van der Waals surface area (Å²) in [5.41, 5.74) is 2.41. The highest BCUT2D eigenvalue weighted by molar-refractivity contribution is 5.62. The van der Waals surface area contributed by atoms with Crippen LogP contribution in [0.2, 0.25) is 0 Å². The summed E-state index contributed by atoms with van der Waals surface area (Å²) in [6, 6.07) is 12.4. The molecule has 0 aliphatic heterocycles. The average molecular weight is 259 g/mol. The van der Waals surface area contributed by atoms with Crippen LogP contribution in [-0.4, -0.2) is 20.3 Å². The summed E-state index contributed by atoms with van der Waals surface area (Å²) in [6.07, 6.45) is 0.899. The number of hydrogen-bond acceptors (Lipinski definition) is 3. The van der Waals surface area contributed by atoms with Gasteiger partial charge in [-0.1, -0.05) is 31.2 Å². The molecule has 1 N–H and O–H groups in total. The zero-order valence-electron chi connectivity index (χ0n) is 11.6. The fourth-order valence-electron chi connectivity index (χ4n) is 2.06. The first-order valence-corrected chi connectivity index (χ1v) is 6.71. The van der Waals surface area contributed by atoms with Gasteiger partial charge in [0.05, 0.1) is 13.2 Å². The van der Waals surface area contributed by atoms with Crippen molar-refractivity contribution in [3.05, 3.63) is 47.7 Å². The van der Waals surface area contributed by atoms with Crippen LogP contribution in [0.3, 0.4) is 0 Å². The molecule has 0 unspecified atom stereocenters. The Hall–Kier alpha value is -1.58. The third kappa shape index (κ3) is 3.69. The molecule has 0 saturated carbocycles. The maximum atomic E-state index is 5.89. The van der Waals surface area contributed by atoms with Crippen LogP contribution in [0.15, 0.2) is 40.8 Å². The number of methoxy groups -OCH3 is 1. The molecule has 0 bridgehead atoms. The maximum absolute atomic E-state index is 5.89. The predicted molar refractivity (Wildman–Crippen MR) is 77.1 cm³/mol. The second-order valence-electron chi connectivity index (χ2n) is 4.45. The van der Waals surface area contributed by atoms with Crippen LogP contribution in [0.1, 0.15) is 18.2 Å². The number of furan rings is 1. The van der Waals surface area contributed by atoms with Gasteiger partial charge in [-0.2, -0.15) is 0 Å². The van der Waals surface area contributed by atoms with Gasteiger partial charge in [0, 0.05) is 12.7 Å². The normalized spacial score (nSPS) is 10.8. The minimum atomic E-state index is 0.724. The molecular formula is C16H21NO2. The van der Waals surface area contributed by atoms with Gasteiger partial charge >= 0.3 is 0 Å². The molecule has 1 heterocycles. The molecule has 1 aromatic carbocycles. The number of nitrogens with one attached hydrogen (secondary N) is 1. The van der Waals surface area contributed by atoms with Crippen LogP contribution in [0, 0.1) is 0 Å². The van der Waals surface area contributed by atoms with E-state index < -0.39 is 0 Å². The van der Waals surface area contributed by atoms with Crippen molar-refractivity contribution in [2.75, 3.05) is 20.3 Å². The lowest BCUT2D eigenvalue weighted by molar-refractivity contribution is 0.202. The van der Waals surface area contributed by atoms with E-state index >= 15 is 0 Å². The fourth-order valence-corrected chi connectivity index (χ4v) is 2.06. The van der Waals surface area contributed by atoms with E-state index in [1.54, 1.807) is 7.11 Å². The van der Waals surface area contributed by atoms with Gasteiger partial charge in [-0.25, -0.2) is 0 Å². The molecule has 0 atom stereocenters. The van der Waals surface area contributed by atoms with Crippen LogP contribution < -0.4 is 5.32 Å². The van der Waals surface area contributed by atoms with Crippen LogP contribution in [0.4, 0.5) is 0 Å². The van der Waals surface area contributed by atoms with Gasteiger partial charge < -0.3 is 14.5 Å². The highest BCUT2D eigenvalue weighted by atomic mass is 16.5. The first kappa shape index (κ1) is 13.8. The predicted octanol–water partition coefficient (Wildman–Crippen LogP) is 3.25. The van der Waals surface area contributed by atoms with E-state index in [1.165, 1.54) is 5.56 Å². The Morgan fingerprint density at radius 3 is 2.79 bits per heavy atom. The van der Waals surface area contributed by atoms with E-state index in [4.69, 9.17) is 9.15 Å². The SMILES string of the molecule is CCNCc1ccc(-c2ccccc2CCOC)o1. The molecular weight excluding hydrogens is 238 g/mol. The molecule has 0 radical (unpaired) electrons. The van der Waals surface area contributed by atoms with Gasteiger partial charge in [0.1, 0.15) is 11.5 Å². The van der Waals surface area contributed by atoms with E-state index in [0.29, 0.717) is 0 Å². The summed E-state index contributed by atoms with van der Waals surface area (Å²) < 4.78 is 11.0. The maximum Gasteiger partial charge on any atom is 0.134 e. The van der Waals surface area contributed by atoms with Crippen molar-refractivity contribution in [2.45, 2.75) is 19.9 Å².